The molecule has 7 rings (SSSR count). The summed E-state index contributed by atoms with van der Waals surface area (Å²) in [6.07, 6.45) is 4.63. The van der Waals surface area contributed by atoms with E-state index in [-0.39, 0.29) is 11.5 Å². The van der Waals surface area contributed by atoms with Crippen LogP contribution in [0.1, 0.15) is 11.1 Å². The second-order valence-corrected chi connectivity index (χ2v) is 14.4. The fraction of sp³-hybridized carbons (Fsp3) is 0.0811. The predicted octanol–water partition coefficient (Wildman–Crippen LogP) is 9.33. The Kier molecular flexibility index (Phi) is 9.70. The quantitative estimate of drug-likeness (QED) is 0.131. The van der Waals surface area contributed by atoms with E-state index >= 15 is 0 Å². The van der Waals surface area contributed by atoms with Crippen LogP contribution in [0.5, 0.6) is 11.5 Å². The molecular weight excluding hydrogens is 702 g/mol. The lowest BCUT2D eigenvalue weighted by molar-refractivity contribution is 0.475. The minimum atomic E-state index is -2.59. The van der Waals surface area contributed by atoms with E-state index in [0.717, 1.165) is 48.8 Å². The average Bonchev–Trinajstić information content (AvgIpc) is 3.09. The average molecular weight is 735 g/mol. The highest BCUT2D eigenvalue weighted by atomic mass is 79.9. The third-order valence-corrected chi connectivity index (χ3v) is 9.82. The number of nitrogens with one attached hydrogen (secondary N) is 2. The van der Waals surface area contributed by atoms with Crippen molar-refractivity contribution in [2.45, 2.75) is 18.7 Å². The van der Waals surface area contributed by atoms with Gasteiger partial charge in [0.25, 0.3) is 0 Å². The molecule has 49 heavy (non-hydrogen) atoms. The first kappa shape index (κ1) is 33.3. The van der Waals surface area contributed by atoms with Crippen LogP contribution >= 0.6 is 15.9 Å². The number of rotatable bonds is 6. The molecule has 246 valence electrons. The van der Waals surface area contributed by atoms with Gasteiger partial charge >= 0.3 is 0 Å². The van der Waals surface area contributed by atoms with E-state index in [1.165, 1.54) is 12.7 Å². The van der Waals surface area contributed by atoms with Gasteiger partial charge in [-0.05, 0) is 85.6 Å². The van der Waals surface area contributed by atoms with E-state index in [1.54, 1.807) is 36.6 Å². The smallest absolute Gasteiger partial charge is 0.141 e. The highest BCUT2D eigenvalue weighted by Gasteiger charge is 2.11. The molecule has 5 aromatic carbocycles. The SMILES string of the molecule is Cc1ccc(O)cc1Nc1ncnc2ccc(Br)cc12.Cc1ccc(O)cc1Nc1ncnc2ccc(N=[S@@](C)(=O)c3ccccc3)cc12. The van der Waals surface area contributed by atoms with Gasteiger partial charge in [0, 0.05) is 49.9 Å². The van der Waals surface area contributed by atoms with E-state index in [0.29, 0.717) is 22.2 Å². The number of phenolic OH excluding ortho intramolecular Hbond substituents is 2. The lowest BCUT2D eigenvalue weighted by Gasteiger charge is -2.11. The van der Waals surface area contributed by atoms with Crippen molar-refractivity contribution in [3.05, 3.63) is 131 Å². The molecule has 0 spiro atoms. The van der Waals surface area contributed by atoms with Gasteiger partial charge in [-0.2, -0.15) is 4.36 Å². The molecule has 0 saturated carbocycles. The van der Waals surface area contributed by atoms with Gasteiger partial charge in [0.1, 0.15) is 35.8 Å². The Balaban J connectivity index is 0.000000182. The highest BCUT2D eigenvalue weighted by molar-refractivity contribution is 9.10. The van der Waals surface area contributed by atoms with Crippen LogP contribution in [-0.4, -0.2) is 40.6 Å². The highest BCUT2D eigenvalue weighted by Crippen LogP contribution is 2.31. The van der Waals surface area contributed by atoms with Gasteiger partial charge in [-0.1, -0.05) is 46.3 Å². The van der Waals surface area contributed by atoms with E-state index in [2.05, 4.69) is 50.9 Å². The zero-order valence-electron chi connectivity index (χ0n) is 26.8. The van der Waals surface area contributed by atoms with Gasteiger partial charge < -0.3 is 20.8 Å². The lowest BCUT2D eigenvalue weighted by atomic mass is 10.1. The molecule has 0 aliphatic heterocycles. The third-order valence-electron chi connectivity index (χ3n) is 7.62. The number of aryl methyl sites for hydroxylation is 2. The molecule has 7 aromatic rings. The number of anilines is 4. The molecule has 0 aliphatic rings. The summed E-state index contributed by atoms with van der Waals surface area (Å²) in [4.78, 5) is 17.9. The minimum Gasteiger partial charge on any atom is -0.508 e. The van der Waals surface area contributed by atoms with Crippen molar-refractivity contribution >= 4 is 76.2 Å². The second kappa shape index (κ2) is 14.3. The first-order valence-electron chi connectivity index (χ1n) is 15.1. The molecule has 1 atom stereocenters. The van der Waals surface area contributed by atoms with Crippen LogP contribution in [0.15, 0.2) is 130 Å². The molecule has 0 radical (unpaired) electrons. The number of aromatic hydroxyl groups is 2. The molecule has 2 heterocycles. The zero-order valence-corrected chi connectivity index (χ0v) is 29.2. The summed E-state index contributed by atoms with van der Waals surface area (Å²) in [5.41, 5.74) is 5.76. The summed E-state index contributed by atoms with van der Waals surface area (Å²) in [5.74, 6) is 1.69. The van der Waals surface area contributed by atoms with Crippen LogP contribution in [0.2, 0.25) is 0 Å². The Hall–Kier alpha value is -5.59. The number of hydrogen-bond acceptors (Lipinski definition) is 10. The predicted molar refractivity (Wildman–Crippen MR) is 200 cm³/mol. The van der Waals surface area contributed by atoms with Crippen molar-refractivity contribution < 1.29 is 14.4 Å². The van der Waals surface area contributed by atoms with E-state index in [9.17, 15) is 14.4 Å². The molecule has 0 aliphatic carbocycles. The number of nitrogens with zero attached hydrogens (tertiary/aromatic N) is 5. The monoisotopic (exact) mass is 733 g/mol. The number of fused-ring (bicyclic) bond motifs is 2. The number of aromatic nitrogens is 4. The molecule has 0 unspecified atom stereocenters. The summed E-state index contributed by atoms with van der Waals surface area (Å²) in [6.45, 7) is 3.92. The van der Waals surface area contributed by atoms with Gasteiger partial charge in [0.2, 0.25) is 0 Å². The maximum atomic E-state index is 13.1. The van der Waals surface area contributed by atoms with Gasteiger partial charge in [-0.15, -0.1) is 0 Å². The first-order valence-corrected chi connectivity index (χ1v) is 17.8. The van der Waals surface area contributed by atoms with Crippen LogP contribution in [-0.2, 0) is 9.73 Å². The summed E-state index contributed by atoms with van der Waals surface area (Å²) in [6, 6.07) is 30.8. The van der Waals surface area contributed by atoms with Gasteiger partial charge in [-0.3, -0.25) is 0 Å². The Morgan fingerprint density at radius 1 is 0.653 bits per heavy atom. The zero-order chi connectivity index (χ0) is 34.5. The molecule has 2 aromatic heterocycles. The Labute approximate surface area is 292 Å². The van der Waals surface area contributed by atoms with Crippen LogP contribution in [0, 0.1) is 13.8 Å². The Morgan fingerprint density at radius 2 is 1.18 bits per heavy atom. The normalized spacial score (nSPS) is 12.1. The van der Waals surface area contributed by atoms with Crippen molar-refractivity contribution in [3.63, 3.8) is 0 Å². The van der Waals surface area contributed by atoms with Crippen molar-refractivity contribution in [1.82, 2.24) is 19.9 Å². The molecule has 10 nitrogen and oxygen atoms in total. The van der Waals surface area contributed by atoms with Crippen molar-refractivity contribution in [1.29, 1.82) is 0 Å². The van der Waals surface area contributed by atoms with Crippen LogP contribution < -0.4 is 10.6 Å². The summed E-state index contributed by atoms with van der Waals surface area (Å²) < 4.78 is 18.6. The Morgan fingerprint density at radius 3 is 1.76 bits per heavy atom. The maximum absolute atomic E-state index is 13.1. The molecule has 12 heteroatoms. The van der Waals surface area contributed by atoms with Gasteiger partial charge in [0.05, 0.1) is 26.4 Å². The Bertz CT molecular complexity index is 2430. The summed E-state index contributed by atoms with van der Waals surface area (Å²) in [5, 5.41) is 27.6. The summed E-state index contributed by atoms with van der Waals surface area (Å²) >= 11 is 3.45. The molecule has 0 fully saturated rings. The maximum Gasteiger partial charge on any atom is 0.141 e. The fourth-order valence-electron chi connectivity index (χ4n) is 5.00. The van der Waals surface area contributed by atoms with Crippen molar-refractivity contribution in [2.75, 3.05) is 16.9 Å². The molecule has 0 saturated heterocycles. The van der Waals surface area contributed by atoms with Crippen LogP contribution in [0.4, 0.5) is 28.7 Å². The van der Waals surface area contributed by atoms with E-state index in [1.807, 2.05) is 86.6 Å². The number of hydrogen-bond donors (Lipinski definition) is 4. The number of benzene rings is 5. The third kappa shape index (κ3) is 7.94. The van der Waals surface area contributed by atoms with Crippen LogP contribution in [0.3, 0.4) is 0 Å². The molecule has 4 N–H and O–H groups in total. The van der Waals surface area contributed by atoms with Crippen molar-refractivity contribution in [2.24, 2.45) is 4.36 Å². The second-order valence-electron chi connectivity index (χ2n) is 11.3. The van der Waals surface area contributed by atoms with Gasteiger partial charge in [-0.25, -0.2) is 24.1 Å². The standard InChI is InChI=1S/C22H20N4O2S.C15H12BrN3O/c1-15-8-10-17(27)13-21(15)25-22-19-12-16(9-11-20(19)23-14-24-22)26-29(2,28)18-6-4-3-5-7-18;1-9-2-4-11(20)7-14(9)19-15-12-6-10(16)3-5-13(12)17-8-18-15/h3-14,27H,1-2H3,(H,23,24,25);2-8,20H,1H3,(H,17,18,19)/t29-;/m0./s1. The van der Waals surface area contributed by atoms with E-state index in [4.69, 9.17) is 0 Å². The number of phenols is 2. The van der Waals surface area contributed by atoms with Crippen molar-refractivity contribution in [3.8, 4) is 11.5 Å². The topological polar surface area (TPSA) is 146 Å². The summed E-state index contributed by atoms with van der Waals surface area (Å²) in [7, 11) is -2.59. The first-order chi connectivity index (χ1) is 23.6. The van der Waals surface area contributed by atoms with Gasteiger partial charge in [0.15, 0.2) is 0 Å². The van der Waals surface area contributed by atoms with E-state index < -0.39 is 9.73 Å². The molecular formula is C37H32BrN7O3S. The number of halogens is 1. The minimum absolute atomic E-state index is 0.167. The van der Waals surface area contributed by atoms with Crippen LogP contribution in [0.25, 0.3) is 21.8 Å². The molecule has 0 bridgehead atoms. The largest absolute Gasteiger partial charge is 0.508 e. The molecule has 0 amide bonds. The lowest BCUT2D eigenvalue weighted by Crippen LogP contribution is -1.98. The fourth-order valence-corrected chi connectivity index (χ4v) is 6.65.